The fraction of sp³-hybridized carbons (Fsp3) is 0.533. The Hall–Kier alpha value is -0.720. The van der Waals surface area contributed by atoms with Crippen LogP contribution in [0.5, 0.6) is 0 Å². The monoisotopic (exact) mass is 376 g/mol. The summed E-state index contributed by atoms with van der Waals surface area (Å²) in [4.78, 5) is 14.8. The number of rotatable bonds is 1. The summed E-state index contributed by atoms with van der Waals surface area (Å²) in [6.45, 7) is 4.07. The zero-order valence-electron chi connectivity index (χ0n) is 12.6. The minimum Gasteiger partial charge on any atom is -0.317 e. The lowest BCUT2D eigenvalue weighted by molar-refractivity contribution is 0.0690. The molecule has 0 unspecified atom stereocenters. The number of halogens is 3. The van der Waals surface area contributed by atoms with Crippen LogP contribution in [0.25, 0.3) is 0 Å². The zero-order valence-corrected chi connectivity index (χ0v) is 14.9. The van der Waals surface area contributed by atoms with Gasteiger partial charge in [0.25, 0.3) is 0 Å². The van der Waals surface area contributed by atoms with Gasteiger partial charge in [-0.25, -0.2) is 4.79 Å². The van der Waals surface area contributed by atoms with Gasteiger partial charge in [0.05, 0.1) is 21.3 Å². The van der Waals surface area contributed by atoms with Gasteiger partial charge in [-0.2, -0.15) is 0 Å². The maximum absolute atomic E-state index is 12.8. The second kappa shape index (κ2) is 7.03. The summed E-state index contributed by atoms with van der Waals surface area (Å²) in [6, 6.07) is 2.98. The number of piperazine rings is 1. The lowest BCUT2D eigenvalue weighted by atomic mass is 9.85. The third-order valence-corrected chi connectivity index (χ3v) is 5.37. The van der Waals surface area contributed by atoms with E-state index >= 15 is 0 Å². The minimum absolute atomic E-state index is 0.154. The summed E-state index contributed by atoms with van der Waals surface area (Å²) in [5.41, 5.74) is 0.254. The van der Waals surface area contributed by atoms with Gasteiger partial charge >= 0.3 is 6.03 Å². The van der Waals surface area contributed by atoms with Gasteiger partial charge in [-0.15, -0.1) is 0 Å². The number of nitrogens with zero attached hydrogens (tertiary/aromatic N) is 1. The Morgan fingerprint density at radius 3 is 2.39 bits per heavy atom. The molecule has 2 fully saturated rings. The molecule has 2 aliphatic rings. The van der Waals surface area contributed by atoms with Crippen molar-refractivity contribution < 1.29 is 4.79 Å². The quantitative estimate of drug-likeness (QED) is 0.704. The van der Waals surface area contributed by atoms with E-state index in [1.165, 1.54) is 0 Å². The summed E-state index contributed by atoms with van der Waals surface area (Å²) < 4.78 is 0. The highest BCUT2D eigenvalue weighted by molar-refractivity contribution is 6.42. The fourth-order valence-corrected chi connectivity index (χ4v) is 4.25. The van der Waals surface area contributed by atoms with Gasteiger partial charge < -0.3 is 20.9 Å². The number of nitrogens with one attached hydrogen (secondary N) is 3. The maximum Gasteiger partial charge on any atom is 0.322 e. The number of carbonyl (C=O) groups is 1. The van der Waals surface area contributed by atoms with Crippen molar-refractivity contribution >= 4 is 46.5 Å². The number of piperidine rings is 1. The predicted octanol–water partition coefficient (Wildman–Crippen LogP) is 3.21. The fourth-order valence-electron chi connectivity index (χ4n) is 3.34. The van der Waals surface area contributed by atoms with Gasteiger partial charge in [0, 0.05) is 24.7 Å². The normalized spacial score (nSPS) is 20.6. The van der Waals surface area contributed by atoms with E-state index < -0.39 is 0 Å². The van der Waals surface area contributed by atoms with Gasteiger partial charge in [-0.05, 0) is 38.1 Å². The van der Waals surface area contributed by atoms with Gasteiger partial charge in [0.15, 0.2) is 0 Å². The molecule has 0 bridgehead atoms. The van der Waals surface area contributed by atoms with Crippen molar-refractivity contribution in [2.75, 3.05) is 38.0 Å². The first kappa shape index (κ1) is 17.1. The van der Waals surface area contributed by atoms with Crippen LogP contribution in [-0.2, 0) is 0 Å². The van der Waals surface area contributed by atoms with Crippen molar-refractivity contribution in [3.05, 3.63) is 27.2 Å². The van der Waals surface area contributed by atoms with Crippen molar-refractivity contribution in [2.24, 2.45) is 0 Å². The van der Waals surface area contributed by atoms with Crippen LogP contribution in [0, 0.1) is 0 Å². The number of carbonyl (C=O) groups excluding carboxylic acids is 1. The van der Waals surface area contributed by atoms with E-state index in [9.17, 15) is 4.79 Å². The molecule has 2 heterocycles. The Bertz CT molecular complexity index is 573. The van der Waals surface area contributed by atoms with Crippen molar-refractivity contribution in [1.29, 1.82) is 0 Å². The summed E-state index contributed by atoms with van der Waals surface area (Å²) >= 11 is 18.3. The average Bonchev–Trinajstić information content (AvgIpc) is 2.52. The van der Waals surface area contributed by atoms with Gasteiger partial charge in [0.2, 0.25) is 0 Å². The molecule has 2 saturated heterocycles. The third-order valence-electron chi connectivity index (χ3n) is 4.56. The maximum atomic E-state index is 12.8. The number of amides is 2. The van der Waals surface area contributed by atoms with E-state index in [2.05, 4.69) is 16.0 Å². The Morgan fingerprint density at radius 2 is 1.74 bits per heavy atom. The van der Waals surface area contributed by atoms with Crippen molar-refractivity contribution in [3.8, 4) is 0 Å². The highest BCUT2D eigenvalue weighted by atomic mass is 35.5. The number of hydrogen-bond acceptors (Lipinski definition) is 3. The molecule has 1 aromatic carbocycles. The minimum atomic E-state index is -0.167. The summed E-state index contributed by atoms with van der Waals surface area (Å²) in [7, 11) is 0. The first-order chi connectivity index (χ1) is 11.0. The zero-order chi connectivity index (χ0) is 16.4. The Labute approximate surface area is 150 Å². The Kier molecular flexibility index (Phi) is 5.23. The largest absolute Gasteiger partial charge is 0.322 e. The third kappa shape index (κ3) is 3.54. The molecule has 8 heteroatoms. The molecule has 2 amide bonds. The molecule has 0 saturated carbocycles. The molecular weight excluding hydrogens is 359 g/mol. The van der Waals surface area contributed by atoms with Crippen LogP contribution in [-0.4, -0.2) is 49.2 Å². The molecule has 0 atom stereocenters. The van der Waals surface area contributed by atoms with E-state index in [1.807, 2.05) is 4.90 Å². The van der Waals surface area contributed by atoms with Crippen LogP contribution >= 0.6 is 34.8 Å². The van der Waals surface area contributed by atoms with E-state index in [0.717, 1.165) is 39.0 Å². The highest BCUT2D eigenvalue weighted by Gasteiger charge is 2.42. The Balaban J connectivity index is 1.81. The topological polar surface area (TPSA) is 56.4 Å². The van der Waals surface area contributed by atoms with E-state index in [4.69, 9.17) is 34.8 Å². The van der Waals surface area contributed by atoms with Crippen molar-refractivity contribution in [2.45, 2.75) is 18.4 Å². The standard InChI is InChI=1S/C15H19Cl3N4O/c16-10-7-11(17)13(12(18)8-10)21-14(23)22-6-5-20-9-15(22)1-3-19-4-2-15/h7-8,19-20H,1-6,9H2,(H,21,23). The molecule has 0 aromatic heterocycles. The van der Waals surface area contributed by atoms with Crippen molar-refractivity contribution in [1.82, 2.24) is 15.5 Å². The number of benzene rings is 1. The van der Waals surface area contributed by atoms with Crippen LogP contribution in [0.1, 0.15) is 12.8 Å². The van der Waals surface area contributed by atoms with Crippen LogP contribution in [0.15, 0.2) is 12.1 Å². The summed E-state index contributed by atoms with van der Waals surface area (Å²) in [5, 5.41) is 10.7. The molecule has 126 valence electrons. The predicted molar refractivity (Wildman–Crippen MR) is 94.9 cm³/mol. The van der Waals surface area contributed by atoms with E-state index in [-0.39, 0.29) is 11.6 Å². The smallest absolute Gasteiger partial charge is 0.317 e. The highest BCUT2D eigenvalue weighted by Crippen LogP contribution is 2.35. The SMILES string of the molecule is O=C(Nc1c(Cl)cc(Cl)cc1Cl)N1CCNCC12CCNCC2. The van der Waals surface area contributed by atoms with Crippen LogP contribution in [0.2, 0.25) is 15.1 Å². The lowest BCUT2D eigenvalue weighted by Crippen LogP contribution is -2.66. The average molecular weight is 378 g/mol. The summed E-state index contributed by atoms with van der Waals surface area (Å²) in [5.74, 6) is 0. The molecular formula is C15H19Cl3N4O. The molecule has 5 nitrogen and oxygen atoms in total. The molecule has 1 spiro atoms. The van der Waals surface area contributed by atoms with E-state index in [0.29, 0.717) is 27.3 Å². The molecule has 1 aromatic rings. The van der Waals surface area contributed by atoms with Crippen LogP contribution in [0.4, 0.5) is 10.5 Å². The molecule has 3 N–H and O–H groups in total. The molecule has 3 rings (SSSR count). The molecule has 0 radical (unpaired) electrons. The second-order valence-corrected chi connectivity index (χ2v) is 7.23. The number of hydrogen-bond donors (Lipinski definition) is 3. The lowest BCUT2D eigenvalue weighted by Gasteiger charge is -2.49. The van der Waals surface area contributed by atoms with E-state index in [1.54, 1.807) is 12.1 Å². The molecule has 23 heavy (non-hydrogen) atoms. The Morgan fingerprint density at radius 1 is 1.09 bits per heavy atom. The van der Waals surface area contributed by atoms with Crippen LogP contribution in [0.3, 0.4) is 0 Å². The van der Waals surface area contributed by atoms with Gasteiger partial charge in [-0.1, -0.05) is 34.8 Å². The van der Waals surface area contributed by atoms with Crippen molar-refractivity contribution in [3.63, 3.8) is 0 Å². The first-order valence-electron chi connectivity index (χ1n) is 7.66. The van der Waals surface area contributed by atoms with Gasteiger partial charge in [-0.3, -0.25) is 0 Å². The molecule has 0 aliphatic carbocycles. The number of anilines is 1. The number of urea groups is 1. The van der Waals surface area contributed by atoms with Crippen LogP contribution < -0.4 is 16.0 Å². The first-order valence-corrected chi connectivity index (χ1v) is 8.80. The summed E-state index contributed by atoms with van der Waals surface area (Å²) in [6.07, 6.45) is 1.85. The molecule has 2 aliphatic heterocycles. The van der Waals surface area contributed by atoms with Gasteiger partial charge in [0.1, 0.15) is 0 Å². The second-order valence-electron chi connectivity index (χ2n) is 5.98.